The number of amides is 2. The number of hydrogen-bond acceptors (Lipinski definition) is 3. The molecule has 17 heavy (non-hydrogen) atoms. The van der Waals surface area contributed by atoms with Crippen LogP contribution in [0.4, 0.5) is 16.2 Å². The highest BCUT2D eigenvalue weighted by Crippen LogP contribution is 2.18. The van der Waals surface area contributed by atoms with Crippen molar-refractivity contribution in [1.29, 1.82) is 0 Å². The summed E-state index contributed by atoms with van der Waals surface area (Å²) < 4.78 is 0. The van der Waals surface area contributed by atoms with E-state index in [4.69, 9.17) is 10.8 Å². The molecule has 2 amide bonds. The predicted molar refractivity (Wildman–Crippen MR) is 62.8 cm³/mol. The number of nitrogen functional groups attached to an aromatic ring is 1. The Hall–Kier alpha value is -2.24. The summed E-state index contributed by atoms with van der Waals surface area (Å²) in [5.74, 6) is -0.219. The lowest BCUT2D eigenvalue weighted by Gasteiger charge is -2.32. The molecule has 2 rings (SSSR count). The Bertz CT molecular complexity index is 444. The van der Waals surface area contributed by atoms with Crippen molar-refractivity contribution in [1.82, 2.24) is 4.90 Å². The van der Waals surface area contributed by atoms with Gasteiger partial charge in [-0.3, -0.25) is 9.69 Å². The average molecular weight is 235 g/mol. The molecule has 1 aromatic rings. The first kappa shape index (κ1) is 11.3. The van der Waals surface area contributed by atoms with Crippen molar-refractivity contribution in [3.05, 3.63) is 24.3 Å². The number of nitrogens with two attached hydrogens (primary N) is 1. The van der Waals surface area contributed by atoms with Gasteiger partial charge in [0.2, 0.25) is 5.91 Å². The summed E-state index contributed by atoms with van der Waals surface area (Å²) in [6, 6.07) is 6.94. The van der Waals surface area contributed by atoms with Crippen LogP contribution in [0, 0.1) is 0 Å². The summed E-state index contributed by atoms with van der Waals surface area (Å²) in [6.07, 6.45) is -1.06. The second-order valence-corrected chi connectivity index (χ2v) is 3.84. The number of carbonyl (C=O) groups is 2. The molecular formula is C11H13N3O3. The standard InChI is InChI=1S/C11H13N3O3/c12-8-1-3-9(4-2-8)14-6-5-13(11(16)17)7-10(14)15/h1-4H,5-7,12H2,(H,16,17). The number of piperazine rings is 1. The molecule has 0 aromatic heterocycles. The van der Waals surface area contributed by atoms with Gasteiger partial charge in [-0.2, -0.15) is 0 Å². The van der Waals surface area contributed by atoms with E-state index in [9.17, 15) is 9.59 Å². The molecule has 3 N–H and O–H groups in total. The fourth-order valence-corrected chi connectivity index (χ4v) is 1.76. The van der Waals surface area contributed by atoms with Crippen LogP contribution in [-0.2, 0) is 4.79 Å². The van der Waals surface area contributed by atoms with E-state index in [1.165, 1.54) is 0 Å². The van der Waals surface area contributed by atoms with Crippen LogP contribution in [0.15, 0.2) is 24.3 Å². The van der Waals surface area contributed by atoms with Gasteiger partial charge in [0, 0.05) is 24.5 Å². The van der Waals surface area contributed by atoms with Crippen LogP contribution in [0.25, 0.3) is 0 Å². The number of nitrogens with zero attached hydrogens (tertiary/aromatic N) is 2. The van der Waals surface area contributed by atoms with Gasteiger partial charge in [-0.25, -0.2) is 4.79 Å². The molecule has 90 valence electrons. The highest BCUT2D eigenvalue weighted by atomic mass is 16.4. The van der Waals surface area contributed by atoms with Crippen molar-refractivity contribution in [2.75, 3.05) is 30.3 Å². The summed E-state index contributed by atoms with van der Waals surface area (Å²) in [6.45, 7) is 0.597. The Balaban J connectivity index is 2.12. The maximum Gasteiger partial charge on any atom is 0.407 e. The largest absolute Gasteiger partial charge is 0.465 e. The molecule has 1 aliphatic heterocycles. The summed E-state index contributed by atoms with van der Waals surface area (Å²) in [5, 5.41) is 8.79. The summed E-state index contributed by atoms with van der Waals surface area (Å²) in [7, 11) is 0. The average Bonchev–Trinajstić information content (AvgIpc) is 2.30. The zero-order valence-corrected chi connectivity index (χ0v) is 9.17. The van der Waals surface area contributed by atoms with Crippen molar-refractivity contribution in [3.8, 4) is 0 Å². The normalized spacial score (nSPS) is 16.1. The molecule has 6 heteroatoms. The molecule has 1 aliphatic rings. The van der Waals surface area contributed by atoms with Crippen molar-refractivity contribution in [3.63, 3.8) is 0 Å². The first-order valence-electron chi connectivity index (χ1n) is 5.21. The van der Waals surface area contributed by atoms with Gasteiger partial charge < -0.3 is 15.7 Å². The van der Waals surface area contributed by atoms with E-state index in [1.807, 2.05) is 0 Å². The van der Waals surface area contributed by atoms with Gasteiger partial charge in [0.1, 0.15) is 6.54 Å². The van der Waals surface area contributed by atoms with E-state index in [0.29, 0.717) is 18.8 Å². The topological polar surface area (TPSA) is 86.9 Å². The zero-order chi connectivity index (χ0) is 12.4. The summed E-state index contributed by atoms with van der Waals surface area (Å²) in [4.78, 5) is 25.2. The van der Waals surface area contributed by atoms with Crippen molar-refractivity contribution in [2.45, 2.75) is 0 Å². The Labute approximate surface area is 98.2 Å². The second kappa shape index (κ2) is 4.32. The first-order valence-corrected chi connectivity index (χ1v) is 5.21. The number of benzene rings is 1. The van der Waals surface area contributed by atoms with E-state index >= 15 is 0 Å². The van der Waals surface area contributed by atoms with Crippen LogP contribution in [0.2, 0.25) is 0 Å². The molecule has 1 fully saturated rings. The summed E-state index contributed by atoms with van der Waals surface area (Å²) >= 11 is 0. The Kier molecular flexibility index (Phi) is 2.86. The molecule has 0 atom stereocenters. The quantitative estimate of drug-likeness (QED) is 0.698. The molecule has 0 spiro atoms. The number of carbonyl (C=O) groups excluding carboxylic acids is 1. The molecule has 0 bridgehead atoms. The van der Waals surface area contributed by atoms with E-state index in [2.05, 4.69) is 0 Å². The highest BCUT2D eigenvalue weighted by Gasteiger charge is 2.27. The molecule has 0 saturated carbocycles. The lowest BCUT2D eigenvalue weighted by atomic mass is 10.2. The molecular weight excluding hydrogens is 222 g/mol. The van der Waals surface area contributed by atoms with E-state index in [0.717, 1.165) is 10.6 Å². The van der Waals surface area contributed by atoms with E-state index < -0.39 is 6.09 Å². The fourth-order valence-electron chi connectivity index (χ4n) is 1.76. The molecule has 6 nitrogen and oxygen atoms in total. The van der Waals surface area contributed by atoms with Gasteiger partial charge in [-0.1, -0.05) is 0 Å². The lowest BCUT2D eigenvalue weighted by molar-refractivity contribution is -0.120. The van der Waals surface area contributed by atoms with Gasteiger partial charge in [0.15, 0.2) is 0 Å². The van der Waals surface area contributed by atoms with Crippen LogP contribution in [0.3, 0.4) is 0 Å². The molecule has 1 heterocycles. The smallest absolute Gasteiger partial charge is 0.407 e. The van der Waals surface area contributed by atoms with Crippen molar-refractivity contribution < 1.29 is 14.7 Å². The van der Waals surface area contributed by atoms with Crippen LogP contribution in [-0.4, -0.2) is 41.6 Å². The van der Waals surface area contributed by atoms with E-state index in [-0.39, 0.29) is 12.5 Å². The molecule has 1 saturated heterocycles. The van der Waals surface area contributed by atoms with Gasteiger partial charge in [0.05, 0.1) is 0 Å². The van der Waals surface area contributed by atoms with Gasteiger partial charge >= 0.3 is 6.09 Å². The maximum atomic E-state index is 11.8. The van der Waals surface area contributed by atoms with Crippen LogP contribution < -0.4 is 10.6 Å². The van der Waals surface area contributed by atoms with Gasteiger partial charge in [-0.05, 0) is 24.3 Å². The first-order chi connectivity index (χ1) is 8.08. The molecule has 1 aromatic carbocycles. The van der Waals surface area contributed by atoms with Gasteiger partial charge in [0.25, 0.3) is 0 Å². The highest BCUT2D eigenvalue weighted by molar-refractivity contribution is 5.97. The number of carboxylic acid groups (broad SMARTS) is 1. The minimum atomic E-state index is -1.06. The third kappa shape index (κ3) is 2.30. The van der Waals surface area contributed by atoms with Gasteiger partial charge in [-0.15, -0.1) is 0 Å². The third-order valence-corrected chi connectivity index (χ3v) is 2.70. The number of anilines is 2. The Morgan fingerprint density at radius 2 is 1.88 bits per heavy atom. The van der Waals surface area contributed by atoms with Crippen LogP contribution >= 0.6 is 0 Å². The number of rotatable bonds is 1. The monoisotopic (exact) mass is 235 g/mol. The van der Waals surface area contributed by atoms with Crippen molar-refractivity contribution >= 4 is 23.4 Å². The number of hydrogen-bond donors (Lipinski definition) is 2. The fraction of sp³-hybridized carbons (Fsp3) is 0.273. The zero-order valence-electron chi connectivity index (χ0n) is 9.17. The SMILES string of the molecule is Nc1ccc(N2CCN(C(=O)O)CC2=O)cc1. The Morgan fingerprint density at radius 1 is 1.24 bits per heavy atom. The third-order valence-electron chi connectivity index (χ3n) is 2.70. The molecule has 0 unspecified atom stereocenters. The second-order valence-electron chi connectivity index (χ2n) is 3.84. The minimum absolute atomic E-state index is 0.0975. The minimum Gasteiger partial charge on any atom is -0.465 e. The maximum absolute atomic E-state index is 11.8. The van der Waals surface area contributed by atoms with Crippen LogP contribution in [0.1, 0.15) is 0 Å². The Morgan fingerprint density at radius 3 is 2.41 bits per heavy atom. The molecule has 0 radical (unpaired) electrons. The van der Waals surface area contributed by atoms with Crippen LogP contribution in [0.5, 0.6) is 0 Å². The van der Waals surface area contributed by atoms with Crippen molar-refractivity contribution in [2.24, 2.45) is 0 Å². The van der Waals surface area contributed by atoms with E-state index in [1.54, 1.807) is 29.2 Å². The predicted octanol–water partition coefficient (Wildman–Crippen LogP) is 0.595. The summed E-state index contributed by atoms with van der Waals surface area (Å²) in [5.41, 5.74) is 6.94. The molecule has 0 aliphatic carbocycles. The lowest BCUT2D eigenvalue weighted by Crippen LogP contribution is -2.52.